The van der Waals surface area contributed by atoms with Crippen LogP contribution in [0.5, 0.6) is 0 Å². The highest BCUT2D eigenvalue weighted by molar-refractivity contribution is 7.89. The first kappa shape index (κ1) is 25.2. The maximum atomic E-state index is 13.6. The first-order valence-corrected chi connectivity index (χ1v) is 15.1. The minimum atomic E-state index is -4.96. The molecule has 1 aromatic carbocycles. The number of nitrogens with one attached hydrogen (secondary N) is 1. The fourth-order valence-electron chi connectivity index (χ4n) is 2.81. The van der Waals surface area contributed by atoms with Crippen molar-refractivity contribution in [1.29, 1.82) is 0 Å². The average Bonchev–Trinajstić information content (AvgIpc) is 3.11. The largest absolute Gasteiger partial charge is 0.408 e. The van der Waals surface area contributed by atoms with E-state index in [1.165, 1.54) is 4.68 Å². The molecule has 0 saturated heterocycles. The molecule has 3 rings (SSSR count). The molecule has 0 radical (unpaired) electrons. The lowest BCUT2D eigenvalue weighted by Gasteiger charge is -2.22. The highest BCUT2D eigenvalue weighted by Gasteiger charge is 2.43. The third-order valence-corrected chi connectivity index (χ3v) is 7.74. The Morgan fingerprint density at radius 1 is 1.18 bits per heavy atom. The van der Waals surface area contributed by atoms with Gasteiger partial charge in [-0.15, -0.1) is 5.10 Å². The molecule has 0 aliphatic heterocycles. The van der Waals surface area contributed by atoms with Crippen LogP contribution in [-0.2, 0) is 21.5 Å². The number of alkyl halides is 3. The Hall–Kier alpha value is -2.42. The van der Waals surface area contributed by atoms with Gasteiger partial charge in [-0.2, -0.15) is 17.9 Å². The van der Waals surface area contributed by atoms with Gasteiger partial charge in [0.2, 0.25) is 10.0 Å². The first-order valence-electron chi connectivity index (χ1n) is 9.88. The molecule has 3 aromatic rings. The quantitative estimate of drug-likeness (QED) is 0.269. The number of fused-ring (bicyclic) bond motifs is 1. The van der Waals surface area contributed by atoms with Crippen LogP contribution in [0.4, 0.5) is 17.6 Å². The van der Waals surface area contributed by atoms with Crippen molar-refractivity contribution < 1.29 is 30.7 Å². The predicted molar refractivity (Wildman–Crippen MR) is 115 cm³/mol. The van der Waals surface area contributed by atoms with E-state index in [1.807, 2.05) is 0 Å². The molecule has 14 heteroatoms. The van der Waals surface area contributed by atoms with E-state index in [-0.39, 0.29) is 17.9 Å². The van der Waals surface area contributed by atoms with Crippen molar-refractivity contribution in [3.05, 3.63) is 47.9 Å². The third-order valence-electron chi connectivity index (χ3n) is 4.65. The summed E-state index contributed by atoms with van der Waals surface area (Å²) < 4.78 is 87.7. The second-order valence-corrected chi connectivity index (χ2v) is 15.9. The van der Waals surface area contributed by atoms with Crippen LogP contribution >= 0.6 is 0 Å². The Balaban J connectivity index is 1.80. The predicted octanol–water partition coefficient (Wildman–Crippen LogP) is 3.86. The van der Waals surface area contributed by atoms with Gasteiger partial charge >= 0.3 is 6.18 Å². The van der Waals surface area contributed by atoms with Crippen LogP contribution in [0.15, 0.2) is 41.4 Å². The summed E-state index contributed by atoms with van der Waals surface area (Å²) in [6.07, 6.45) is -4.04. The molecule has 0 bridgehead atoms. The molecule has 33 heavy (non-hydrogen) atoms. The number of aromatic nitrogens is 4. The summed E-state index contributed by atoms with van der Waals surface area (Å²) in [6, 6.07) is 2.81. The molecule has 0 saturated carbocycles. The van der Waals surface area contributed by atoms with Gasteiger partial charge in [0.05, 0.1) is 0 Å². The number of hydrogen-bond donors (Lipinski definition) is 1. The smallest absolute Gasteiger partial charge is 0.359 e. The Bertz CT molecular complexity index is 1210. The monoisotopic (exact) mass is 505 g/mol. The number of rotatable bonds is 9. The lowest BCUT2D eigenvalue weighted by molar-refractivity contribution is -0.153. The van der Waals surface area contributed by atoms with Crippen molar-refractivity contribution >= 4 is 29.3 Å². The van der Waals surface area contributed by atoms with E-state index >= 15 is 0 Å². The van der Waals surface area contributed by atoms with Gasteiger partial charge in [0, 0.05) is 20.9 Å². The van der Waals surface area contributed by atoms with E-state index in [0.717, 1.165) is 42.6 Å². The Kier molecular flexibility index (Phi) is 7.21. The van der Waals surface area contributed by atoms with Gasteiger partial charge in [-0.1, -0.05) is 37.0 Å². The SMILES string of the molecule is C[Si](C)(C)CCOCn1nnc2cc(S(=O)(=O)N[C@H](c3ccc(F)cc3)C(F)(F)F)cnc21. The van der Waals surface area contributed by atoms with E-state index < -0.39 is 46.6 Å². The van der Waals surface area contributed by atoms with Crippen LogP contribution in [0.3, 0.4) is 0 Å². The van der Waals surface area contributed by atoms with Gasteiger partial charge in [-0.3, -0.25) is 0 Å². The van der Waals surface area contributed by atoms with E-state index in [0.29, 0.717) is 6.61 Å². The van der Waals surface area contributed by atoms with Gasteiger partial charge in [0.25, 0.3) is 0 Å². The van der Waals surface area contributed by atoms with Crippen molar-refractivity contribution in [3.8, 4) is 0 Å². The summed E-state index contributed by atoms with van der Waals surface area (Å²) in [4.78, 5) is 3.49. The molecule has 0 amide bonds. The Morgan fingerprint density at radius 3 is 2.45 bits per heavy atom. The second-order valence-electron chi connectivity index (χ2n) is 8.60. The fraction of sp³-hybridized carbons (Fsp3) is 0.421. The molecule has 2 heterocycles. The minimum Gasteiger partial charge on any atom is -0.359 e. The van der Waals surface area contributed by atoms with Crippen LogP contribution in [0.25, 0.3) is 11.2 Å². The number of pyridine rings is 1. The lowest BCUT2D eigenvalue weighted by Crippen LogP contribution is -2.38. The van der Waals surface area contributed by atoms with Crippen molar-refractivity contribution in [2.45, 2.75) is 49.5 Å². The molecule has 8 nitrogen and oxygen atoms in total. The average molecular weight is 506 g/mol. The maximum absolute atomic E-state index is 13.6. The van der Waals surface area contributed by atoms with Crippen LogP contribution in [0.2, 0.25) is 25.7 Å². The minimum absolute atomic E-state index is 0.0546. The van der Waals surface area contributed by atoms with E-state index in [4.69, 9.17) is 4.74 Å². The van der Waals surface area contributed by atoms with Crippen LogP contribution in [0.1, 0.15) is 11.6 Å². The Labute approximate surface area is 189 Å². The van der Waals surface area contributed by atoms with Crippen molar-refractivity contribution in [3.63, 3.8) is 0 Å². The van der Waals surface area contributed by atoms with E-state index in [9.17, 15) is 26.0 Å². The molecule has 180 valence electrons. The molecular weight excluding hydrogens is 482 g/mol. The number of nitrogens with zero attached hydrogens (tertiary/aromatic N) is 4. The number of halogens is 4. The zero-order valence-corrected chi connectivity index (χ0v) is 19.9. The molecule has 2 aromatic heterocycles. The summed E-state index contributed by atoms with van der Waals surface area (Å²) in [6.45, 7) is 7.20. The molecule has 0 unspecified atom stereocenters. The third kappa shape index (κ3) is 6.56. The maximum Gasteiger partial charge on any atom is 0.408 e. The van der Waals surface area contributed by atoms with E-state index in [1.54, 1.807) is 4.72 Å². The van der Waals surface area contributed by atoms with Crippen molar-refractivity contribution in [2.24, 2.45) is 0 Å². The summed E-state index contributed by atoms with van der Waals surface area (Å²) in [5.41, 5.74) is -0.146. The topological polar surface area (TPSA) is 99.0 Å². The van der Waals surface area contributed by atoms with Crippen LogP contribution in [-0.4, -0.2) is 49.3 Å². The number of benzene rings is 1. The molecular formula is C19H23F4N5O3SSi. The normalized spacial score (nSPS) is 14.0. The highest BCUT2D eigenvalue weighted by atomic mass is 32.2. The number of hydrogen-bond acceptors (Lipinski definition) is 6. The van der Waals surface area contributed by atoms with Gasteiger partial charge in [-0.25, -0.2) is 22.5 Å². The fourth-order valence-corrected chi connectivity index (χ4v) is 4.74. The lowest BCUT2D eigenvalue weighted by atomic mass is 10.1. The van der Waals surface area contributed by atoms with Gasteiger partial charge in [0.1, 0.15) is 29.0 Å². The zero-order chi connectivity index (χ0) is 24.4. The molecule has 0 spiro atoms. The summed E-state index contributed by atoms with van der Waals surface area (Å²) >= 11 is 0. The summed E-state index contributed by atoms with van der Waals surface area (Å²) in [5, 5.41) is 7.71. The Morgan fingerprint density at radius 2 is 1.85 bits per heavy atom. The van der Waals surface area contributed by atoms with Crippen LogP contribution in [0, 0.1) is 5.82 Å². The molecule has 0 fully saturated rings. The molecule has 1 atom stereocenters. The summed E-state index contributed by atoms with van der Waals surface area (Å²) in [5.74, 6) is -0.746. The highest BCUT2D eigenvalue weighted by Crippen LogP contribution is 2.34. The van der Waals surface area contributed by atoms with Crippen molar-refractivity contribution in [2.75, 3.05) is 6.61 Å². The summed E-state index contributed by atoms with van der Waals surface area (Å²) in [7, 11) is -5.92. The van der Waals surface area contributed by atoms with Gasteiger partial charge in [0.15, 0.2) is 5.65 Å². The van der Waals surface area contributed by atoms with Gasteiger partial charge in [-0.05, 0) is 29.8 Å². The van der Waals surface area contributed by atoms with Crippen LogP contribution < -0.4 is 4.72 Å². The standard InChI is InChI=1S/C19H23F4N5O3SSi/c1-33(2,3)9-8-31-12-28-18-16(25-27-28)10-15(11-24-18)32(29,30)26-17(19(21,22)23)13-4-6-14(20)7-5-13/h4-7,10-11,17,26H,8-9,12H2,1-3H3/t17-/m1/s1. The van der Waals surface area contributed by atoms with Crippen molar-refractivity contribution in [1.82, 2.24) is 24.7 Å². The molecule has 0 aliphatic carbocycles. The second kappa shape index (κ2) is 9.44. The molecule has 0 aliphatic rings. The number of ether oxygens (including phenoxy) is 1. The van der Waals surface area contributed by atoms with Gasteiger partial charge < -0.3 is 4.74 Å². The number of sulfonamides is 1. The zero-order valence-electron chi connectivity index (χ0n) is 18.1. The first-order chi connectivity index (χ1) is 15.3. The van der Waals surface area contributed by atoms with E-state index in [2.05, 4.69) is 34.9 Å². The molecule has 1 N–H and O–H groups in total.